The number of nitrogens with zero attached hydrogens (tertiary/aromatic N) is 1. The molecule has 2 aromatic carbocycles. The second-order valence-corrected chi connectivity index (χ2v) is 8.04. The smallest absolute Gasteiger partial charge is 0.0619 e. The van der Waals surface area contributed by atoms with Crippen LogP contribution in [0.2, 0.25) is 0 Å². The van der Waals surface area contributed by atoms with E-state index in [1.165, 1.54) is 24.0 Å². The van der Waals surface area contributed by atoms with Crippen LogP contribution >= 0.6 is 0 Å². The molecule has 0 radical (unpaired) electrons. The zero-order chi connectivity index (χ0) is 17.7. The van der Waals surface area contributed by atoms with Crippen LogP contribution in [0.25, 0.3) is 0 Å². The Balaban J connectivity index is 1.70. The molecule has 1 fully saturated rings. The van der Waals surface area contributed by atoms with Crippen molar-refractivity contribution in [2.75, 3.05) is 0 Å². The lowest BCUT2D eigenvalue weighted by Crippen LogP contribution is -2.41. The molecule has 1 N–H and O–H groups in total. The summed E-state index contributed by atoms with van der Waals surface area (Å²) in [5.74, 6) is 0.430. The van der Waals surface area contributed by atoms with Gasteiger partial charge in [0.15, 0.2) is 0 Å². The van der Waals surface area contributed by atoms with Crippen LogP contribution in [-0.4, -0.2) is 21.6 Å². The van der Waals surface area contributed by atoms with Gasteiger partial charge in [-0.15, -0.1) is 0 Å². The van der Waals surface area contributed by atoms with E-state index in [9.17, 15) is 5.11 Å². The SMILES string of the molecule is CC(C)(O)C1CCC(N(Cc2ccccc2)Cc2ccccc2)CC1. The monoisotopic (exact) mass is 337 g/mol. The predicted octanol–water partition coefficient (Wildman–Crippen LogP) is 5.02. The van der Waals surface area contributed by atoms with E-state index >= 15 is 0 Å². The summed E-state index contributed by atoms with van der Waals surface area (Å²) in [6, 6.07) is 22.2. The molecule has 1 saturated carbocycles. The lowest BCUT2D eigenvalue weighted by Gasteiger charge is -2.40. The Labute approximate surface area is 152 Å². The van der Waals surface area contributed by atoms with E-state index in [1.54, 1.807) is 0 Å². The van der Waals surface area contributed by atoms with Crippen LogP contribution in [0.1, 0.15) is 50.7 Å². The molecular formula is C23H31NO. The van der Waals surface area contributed by atoms with Crippen molar-refractivity contribution in [3.05, 3.63) is 71.8 Å². The summed E-state index contributed by atoms with van der Waals surface area (Å²) in [6.45, 7) is 5.91. The maximum absolute atomic E-state index is 10.3. The Morgan fingerprint density at radius 2 is 1.24 bits per heavy atom. The van der Waals surface area contributed by atoms with E-state index in [2.05, 4.69) is 65.6 Å². The summed E-state index contributed by atoms with van der Waals surface area (Å²) in [6.07, 6.45) is 4.59. The molecule has 134 valence electrons. The molecule has 0 bridgehead atoms. The number of rotatable bonds is 6. The van der Waals surface area contributed by atoms with E-state index in [0.29, 0.717) is 12.0 Å². The largest absolute Gasteiger partial charge is 0.390 e. The average Bonchev–Trinajstić information content (AvgIpc) is 2.62. The van der Waals surface area contributed by atoms with Gasteiger partial charge in [0, 0.05) is 19.1 Å². The Kier molecular flexibility index (Phi) is 5.93. The van der Waals surface area contributed by atoms with E-state index in [1.807, 2.05) is 13.8 Å². The first kappa shape index (κ1) is 18.2. The second-order valence-electron chi connectivity index (χ2n) is 8.04. The van der Waals surface area contributed by atoms with Gasteiger partial charge < -0.3 is 5.11 Å². The Morgan fingerprint density at radius 3 is 1.64 bits per heavy atom. The third kappa shape index (κ3) is 5.17. The van der Waals surface area contributed by atoms with Crippen LogP contribution in [0.3, 0.4) is 0 Å². The zero-order valence-electron chi connectivity index (χ0n) is 15.6. The molecule has 0 spiro atoms. The third-order valence-electron chi connectivity index (χ3n) is 5.67. The van der Waals surface area contributed by atoms with Crippen LogP contribution in [-0.2, 0) is 13.1 Å². The molecule has 0 aliphatic heterocycles. The lowest BCUT2D eigenvalue weighted by atomic mass is 9.76. The molecular weight excluding hydrogens is 306 g/mol. The minimum Gasteiger partial charge on any atom is -0.390 e. The highest BCUT2D eigenvalue weighted by Gasteiger charge is 2.33. The topological polar surface area (TPSA) is 23.5 Å². The maximum Gasteiger partial charge on any atom is 0.0619 e. The first-order valence-electron chi connectivity index (χ1n) is 9.56. The highest BCUT2D eigenvalue weighted by Crippen LogP contribution is 2.35. The number of hydrogen-bond donors (Lipinski definition) is 1. The van der Waals surface area contributed by atoms with E-state index in [0.717, 1.165) is 25.9 Å². The van der Waals surface area contributed by atoms with Crippen molar-refractivity contribution in [2.45, 2.75) is 64.3 Å². The molecule has 0 aromatic heterocycles. The third-order valence-corrected chi connectivity index (χ3v) is 5.67. The summed E-state index contributed by atoms with van der Waals surface area (Å²) in [7, 11) is 0. The Bertz CT molecular complexity index is 583. The fourth-order valence-electron chi connectivity index (χ4n) is 4.10. The zero-order valence-corrected chi connectivity index (χ0v) is 15.6. The molecule has 0 unspecified atom stereocenters. The summed E-state index contributed by atoms with van der Waals surface area (Å²) < 4.78 is 0. The summed E-state index contributed by atoms with van der Waals surface area (Å²) in [5, 5.41) is 10.3. The molecule has 0 atom stereocenters. The van der Waals surface area contributed by atoms with Crippen LogP contribution in [0.15, 0.2) is 60.7 Å². The minimum absolute atomic E-state index is 0.430. The van der Waals surface area contributed by atoms with E-state index < -0.39 is 5.60 Å². The van der Waals surface area contributed by atoms with Crippen LogP contribution in [0, 0.1) is 5.92 Å². The van der Waals surface area contributed by atoms with Gasteiger partial charge in [-0.25, -0.2) is 0 Å². The first-order chi connectivity index (χ1) is 12.0. The van der Waals surface area contributed by atoms with Gasteiger partial charge in [-0.1, -0.05) is 60.7 Å². The fraction of sp³-hybridized carbons (Fsp3) is 0.478. The number of hydrogen-bond acceptors (Lipinski definition) is 2. The van der Waals surface area contributed by atoms with Crippen molar-refractivity contribution in [3.63, 3.8) is 0 Å². The molecule has 1 aliphatic carbocycles. The van der Waals surface area contributed by atoms with Gasteiger partial charge >= 0.3 is 0 Å². The fourth-order valence-corrected chi connectivity index (χ4v) is 4.10. The Morgan fingerprint density at radius 1 is 0.800 bits per heavy atom. The normalized spacial score (nSPS) is 21.4. The quantitative estimate of drug-likeness (QED) is 0.800. The van der Waals surface area contributed by atoms with Gasteiger partial charge in [0.25, 0.3) is 0 Å². The van der Waals surface area contributed by atoms with Crippen molar-refractivity contribution < 1.29 is 5.11 Å². The first-order valence-corrected chi connectivity index (χ1v) is 9.56. The summed E-state index contributed by atoms with van der Waals surface area (Å²) in [4.78, 5) is 2.63. The van der Waals surface area contributed by atoms with Crippen molar-refractivity contribution in [2.24, 2.45) is 5.92 Å². The van der Waals surface area contributed by atoms with Crippen molar-refractivity contribution in [1.29, 1.82) is 0 Å². The van der Waals surface area contributed by atoms with Gasteiger partial charge in [0.05, 0.1) is 5.60 Å². The second kappa shape index (κ2) is 8.16. The van der Waals surface area contributed by atoms with Gasteiger partial charge in [-0.2, -0.15) is 0 Å². The molecule has 2 heteroatoms. The molecule has 0 amide bonds. The van der Waals surface area contributed by atoms with Gasteiger partial charge in [-0.3, -0.25) is 4.90 Å². The summed E-state index contributed by atoms with van der Waals surface area (Å²) >= 11 is 0. The molecule has 1 aliphatic rings. The van der Waals surface area contributed by atoms with E-state index in [-0.39, 0.29) is 0 Å². The predicted molar refractivity (Wildman–Crippen MR) is 104 cm³/mol. The average molecular weight is 338 g/mol. The van der Waals surface area contributed by atoms with Crippen LogP contribution < -0.4 is 0 Å². The van der Waals surface area contributed by atoms with Crippen LogP contribution in [0.5, 0.6) is 0 Å². The maximum atomic E-state index is 10.3. The molecule has 2 aromatic rings. The van der Waals surface area contributed by atoms with Crippen molar-refractivity contribution in [3.8, 4) is 0 Å². The lowest BCUT2D eigenvalue weighted by molar-refractivity contribution is -0.0140. The molecule has 3 rings (SSSR count). The van der Waals surface area contributed by atoms with Gasteiger partial charge in [0.2, 0.25) is 0 Å². The minimum atomic E-state index is -0.547. The standard InChI is InChI=1S/C23H31NO/c1-23(2,25)21-13-15-22(16-14-21)24(17-19-9-5-3-6-10-19)18-20-11-7-4-8-12-20/h3-12,21-22,25H,13-18H2,1-2H3. The molecule has 25 heavy (non-hydrogen) atoms. The highest BCUT2D eigenvalue weighted by molar-refractivity contribution is 5.17. The van der Waals surface area contributed by atoms with Crippen molar-refractivity contribution >= 4 is 0 Å². The van der Waals surface area contributed by atoms with Gasteiger partial charge in [0.1, 0.15) is 0 Å². The van der Waals surface area contributed by atoms with Crippen molar-refractivity contribution in [1.82, 2.24) is 4.90 Å². The van der Waals surface area contributed by atoms with Crippen LogP contribution in [0.4, 0.5) is 0 Å². The molecule has 0 heterocycles. The molecule has 0 saturated heterocycles. The van der Waals surface area contributed by atoms with E-state index in [4.69, 9.17) is 0 Å². The van der Waals surface area contributed by atoms with Gasteiger partial charge in [-0.05, 0) is 56.6 Å². The molecule has 2 nitrogen and oxygen atoms in total. The summed E-state index contributed by atoms with van der Waals surface area (Å²) in [5.41, 5.74) is 2.21. The number of benzene rings is 2. The Hall–Kier alpha value is -1.64. The highest BCUT2D eigenvalue weighted by atomic mass is 16.3. The number of aliphatic hydroxyl groups is 1.